The third kappa shape index (κ3) is 9.38. The topological polar surface area (TPSA) is 125 Å². The van der Waals surface area contributed by atoms with Crippen LogP contribution in [0.25, 0.3) is 0 Å². The summed E-state index contributed by atoms with van der Waals surface area (Å²) in [6, 6.07) is 19.7. The Morgan fingerprint density at radius 1 is 0.918 bits per heavy atom. The number of nitrogens with zero attached hydrogens (tertiary/aromatic N) is 4. The van der Waals surface area contributed by atoms with E-state index >= 15 is 0 Å². The third-order valence-electron chi connectivity index (χ3n) is 8.07. The largest absolute Gasteiger partial charge is 0.497 e. The average Bonchev–Trinajstić information content (AvgIpc) is 3.10. The molecule has 1 amide bonds. The summed E-state index contributed by atoms with van der Waals surface area (Å²) in [4.78, 5) is 38.3. The Kier molecular flexibility index (Phi) is 11.9. The molecule has 4 aromatic rings. The normalized spacial score (nSPS) is 13.6. The third-order valence-corrected chi connectivity index (χ3v) is 8.07. The second kappa shape index (κ2) is 16.6. The van der Waals surface area contributed by atoms with Crippen molar-refractivity contribution in [3.05, 3.63) is 84.1 Å². The SMILES string of the molecule is COc1ccc(N(C(=O)Oc2c(C)cccc2C)c2ccnc(Nc3ccc(OCC(CN4CCCCC4)OC(C)=O)cc3)n2)c(OC)c1. The number of aromatic nitrogens is 2. The number of esters is 1. The summed E-state index contributed by atoms with van der Waals surface area (Å²) in [7, 11) is 3.07. The highest BCUT2D eigenvalue weighted by molar-refractivity contribution is 5.98. The molecule has 12 heteroatoms. The van der Waals surface area contributed by atoms with Crippen LogP contribution in [0.5, 0.6) is 23.0 Å². The number of hydrogen-bond donors (Lipinski definition) is 1. The number of nitrogens with one attached hydrogen (secondary N) is 1. The molecular formula is C37H43N5O7. The summed E-state index contributed by atoms with van der Waals surface area (Å²) in [5.41, 5.74) is 2.73. The second-order valence-corrected chi connectivity index (χ2v) is 11.8. The van der Waals surface area contributed by atoms with Gasteiger partial charge in [-0.2, -0.15) is 4.98 Å². The molecule has 1 saturated heterocycles. The van der Waals surface area contributed by atoms with Crippen LogP contribution in [0.4, 0.5) is 27.9 Å². The number of rotatable bonds is 13. The molecular weight excluding hydrogens is 626 g/mol. The summed E-state index contributed by atoms with van der Waals surface area (Å²) in [6.45, 7) is 8.07. The maximum absolute atomic E-state index is 13.9. The fourth-order valence-electron chi connectivity index (χ4n) is 5.65. The smallest absolute Gasteiger partial charge is 0.425 e. The van der Waals surface area contributed by atoms with Crippen LogP contribution in [0.2, 0.25) is 0 Å². The lowest BCUT2D eigenvalue weighted by atomic mass is 10.1. The lowest BCUT2D eigenvalue weighted by molar-refractivity contribution is -0.149. The molecule has 258 valence electrons. The van der Waals surface area contributed by atoms with Gasteiger partial charge in [0.1, 0.15) is 41.5 Å². The van der Waals surface area contributed by atoms with Crippen LogP contribution in [0, 0.1) is 13.8 Å². The van der Waals surface area contributed by atoms with Crippen molar-refractivity contribution in [1.82, 2.24) is 14.9 Å². The lowest BCUT2D eigenvalue weighted by Gasteiger charge is -2.30. The quantitative estimate of drug-likeness (QED) is 0.148. The number of para-hydroxylation sites is 1. The molecule has 1 aliphatic rings. The van der Waals surface area contributed by atoms with Crippen molar-refractivity contribution >= 4 is 35.2 Å². The highest BCUT2D eigenvalue weighted by Crippen LogP contribution is 2.37. The van der Waals surface area contributed by atoms with Crippen molar-refractivity contribution in [2.45, 2.75) is 46.1 Å². The van der Waals surface area contributed by atoms with E-state index in [2.05, 4.69) is 20.2 Å². The number of piperidine rings is 1. The minimum atomic E-state index is -0.681. The van der Waals surface area contributed by atoms with E-state index in [9.17, 15) is 9.59 Å². The van der Waals surface area contributed by atoms with Crippen molar-refractivity contribution in [3.8, 4) is 23.0 Å². The Balaban J connectivity index is 1.33. The number of aryl methyl sites for hydroxylation is 2. The molecule has 0 saturated carbocycles. The van der Waals surface area contributed by atoms with E-state index in [-0.39, 0.29) is 30.4 Å². The van der Waals surface area contributed by atoms with Gasteiger partial charge in [-0.1, -0.05) is 24.6 Å². The monoisotopic (exact) mass is 669 g/mol. The van der Waals surface area contributed by atoms with E-state index in [0.29, 0.717) is 40.9 Å². The van der Waals surface area contributed by atoms with E-state index in [4.69, 9.17) is 23.7 Å². The number of likely N-dealkylation sites (tertiary alicyclic amines) is 1. The Morgan fingerprint density at radius 3 is 2.31 bits per heavy atom. The fourth-order valence-corrected chi connectivity index (χ4v) is 5.65. The summed E-state index contributed by atoms with van der Waals surface area (Å²) in [5.74, 6) is 2.21. The van der Waals surface area contributed by atoms with Crippen LogP contribution in [0.15, 0.2) is 72.9 Å². The Morgan fingerprint density at radius 2 is 1.63 bits per heavy atom. The number of amides is 1. The number of anilines is 4. The van der Waals surface area contributed by atoms with E-state index < -0.39 is 6.09 Å². The molecule has 1 fully saturated rings. The maximum Gasteiger partial charge on any atom is 0.425 e. The van der Waals surface area contributed by atoms with Crippen LogP contribution < -0.4 is 29.2 Å². The molecule has 1 N–H and O–H groups in total. The molecule has 49 heavy (non-hydrogen) atoms. The molecule has 0 spiro atoms. The minimum Gasteiger partial charge on any atom is -0.497 e. The second-order valence-electron chi connectivity index (χ2n) is 11.8. The standard InChI is InChI=1S/C37H43N5O7/c1-25-10-9-11-26(2)35(25)49-37(44)42(32-17-16-30(45-4)22-33(32)46-5)34-18-19-38-36(40-34)39-28-12-14-29(15-13-28)47-24-31(48-27(3)43)23-41-20-7-6-8-21-41/h9-19,22,31H,6-8,20-21,23-24H2,1-5H3,(H,38,39,40). The molecule has 12 nitrogen and oxygen atoms in total. The predicted octanol–water partition coefficient (Wildman–Crippen LogP) is 6.99. The zero-order valence-corrected chi connectivity index (χ0v) is 28.6. The molecule has 1 unspecified atom stereocenters. The van der Waals surface area contributed by atoms with Gasteiger partial charge in [0.2, 0.25) is 5.95 Å². The number of benzene rings is 3. The van der Waals surface area contributed by atoms with Gasteiger partial charge >= 0.3 is 12.1 Å². The highest BCUT2D eigenvalue weighted by Gasteiger charge is 2.27. The molecule has 2 heterocycles. The van der Waals surface area contributed by atoms with Crippen LogP contribution >= 0.6 is 0 Å². The van der Waals surface area contributed by atoms with Crippen molar-refractivity contribution < 1.29 is 33.3 Å². The minimum absolute atomic E-state index is 0.247. The number of carbonyl (C=O) groups excluding carboxylic acids is 2. The molecule has 0 radical (unpaired) electrons. The Labute approximate surface area is 286 Å². The van der Waals surface area contributed by atoms with E-state index in [1.54, 1.807) is 37.6 Å². The van der Waals surface area contributed by atoms with Gasteiger partial charge in [-0.05, 0) is 87.3 Å². The first-order valence-electron chi connectivity index (χ1n) is 16.3. The van der Waals surface area contributed by atoms with Crippen molar-refractivity contribution in [2.24, 2.45) is 0 Å². The predicted molar refractivity (Wildman–Crippen MR) is 187 cm³/mol. The first-order valence-corrected chi connectivity index (χ1v) is 16.3. The van der Waals surface area contributed by atoms with Crippen LogP contribution in [0.1, 0.15) is 37.3 Å². The Hall–Kier alpha value is -5.36. The van der Waals surface area contributed by atoms with Gasteiger partial charge in [-0.15, -0.1) is 0 Å². The van der Waals surface area contributed by atoms with Gasteiger partial charge in [0.05, 0.1) is 19.9 Å². The summed E-state index contributed by atoms with van der Waals surface area (Å²) in [5, 5.41) is 3.19. The van der Waals surface area contributed by atoms with Crippen LogP contribution in [-0.4, -0.2) is 73.5 Å². The number of carbonyl (C=O) groups is 2. The number of ether oxygens (including phenoxy) is 5. The van der Waals surface area contributed by atoms with Gasteiger partial charge in [-0.3, -0.25) is 9.69 Å². The Bertz CT molecular complexity index is 1710. The summed E-state index contributed by atoms with van der Waals surface area (Å²) < 4.78 is 28.5. The first-order chi connectivity index (χ1) is 23.7. The number of hydrogen-bond acceptors (Lipinski definition) is 11. The van der Waals surface area contributed by atoms with E-state index in [1.165, 1.54) is 25.4 Å². The summed E-state index contributed by atoms with van der Waals surface area (Å²) >= 11 is 0. The molecule has 3 aromatic carbocycles. The van der Waals surface area contributed by atoms with Crippen molar-refractivity contribution in [3.63, 3.8) is 0 Å². The highest BCUT2D eigenvalue weighted by atomic mass is 16.6. The number of methoxy groups -OCH3 is 2. The zero-order valence-electron chi connectivity index (χ0n) is 28.6. The van der Waals surface area contributed by atoms with Gasteiger partial charge in [0.25, 0.3) is 0 Å². The first kappa shape index (κ1) is 35.0. The molecule has 1 atom stereocenters. The van der Waals surface area contributed by atoms with Crippen LogP contribution in [-0.2, 0) is 9.53 Å². The molecule has 0 aliphatic carbocycles. The van der Waals surface area contributed by atoms with Crippen molar-refractivity contribution in [1.29, 1.82) is 0 Å². The van der Waals surface area contributed by atoms with Gasteiger partial charge in [0, 0.05) is 37.5 Å². The molecule has 1 aliphatic heterocycles. The van der Waals surface area contributed by atoms with Crippen LogP contribution in [0.3, 0.4) is 0 Å². The molecule has 1 aromatic heterocycles. The van der Waals surface area contributed by atoms with Gasteiger partial charge in [0.15, 0.2) is 0 Å². The maximum atomic E-state index is 13.9. The van der Waals surface area contributed by atoms with Gasteiger partial charge < -0.3 is 29.0 Å². The van der Waals surface area contributed by atoms with Crippen molar-refractivity contribution in [2.75, 3.05) is 50.7 Å². The van der Waals surface area contributed by atoms with Gasteiger partial charge in [-0.25, -0.2) is 14.7 Å². The molecule has 5 rings (SSSR count). The lowest BCUT2D eigenvalue weighted by Crippen LogP contribution is -2.40. The fraction of sp³-hybridized carbons (Fsp3) is 0.351. The summed E-state index contributed by atoms with van der Waals surface area (Å²) in [6.07, 6.45) is 4.04. The molecule has 0 bridgehead atoms. The van der Waals surface area contributed by atoms with E-state index in [0.717, 1.165) is 37.1 Å². The van der Waals surface area contributed by atoms with E-state index in [1.807, 2.05) is 56.3 Å². The average molecular weight is 670 g/mol. The zero-order chi connectivity index (χ0) is 34.8.